The second kappa shape index (κ2) is 12.9. The van der Waals surface area contributed by atoms with Crippen LogP contribution in [0.1, 0.15) is 28.2 Å². The van der Waals surface area contributed by atoms with E-state index >= 15 is 4.39 Å². The molecular weight excluding hydrogens is 543 g/mol. The van der Waals surface area contributed by atoms with Crippen LogP contribution in [0.4, 0.5) is 4.39 Å². The topological polar surface area (TPSA) is 120 Å². The van der Waals surface area contributed by atoms with Gasteiger partial charge in [-0.3, -0.25) is 9.59 Å². The van der Waals surface area contributed by atoms with Crippen molar-refractivity contribution in [3.05, 3.63) is 65.6 Å². The molecule has 0 unspecified atom stereocenters. The molecule has 2 aromatic carbocycles. The van der Waals surface area contributed by atoms with Crippen LogP contribution < -0.4 is 10.5 Å². The molecule has 4 rings (SSSR count). The molecule has 0 radical (unpaired) electrons. The number of primary amides is 1. The van der Waals surface area contributed by atoms with Crippen LogP contribution in [0.25, 0.3) is 11.3 Å². The smallest absolute Gasteiger partial charge is 0.252 e. The number of phenols is 1. The molecule has 3 N–H and O–H groups in total. The fraction of sp³-hybridized carbons (Fsp3) is 0.433. The first-order chi connectivity index (χ1) is 19.4. The Kier molecular flexibility index (Phi) is 9.49. The Hall–Kier alpha value is -3.70. The van der Waals surface area contributed by atoms with Gasteiger partial charge in [0.15, 0.2) is 6.17 Å². The van der Waals surface area contributed by atoms with E-state index in [-0.39, 0.29) is 42.4 Å². The third-order valence-electron chi connectivity index (χ3n) is 7.15. The summed E-state index contributed by atoms with van der Waals surface area (Å²) in [5.41, 5.74) is 7.89. The van der Waals surface area contributed by atoms with E-state index in [0.717, 1.165) is 17.4 Å². The Morgan fingerprint density at radius 3 is 2.56 bits per heavy atom. The molecule has 2 atom stereocenters. The van der Waals surface area contributed by atoms with Gasteiger partial charge >= 0.3 is 0 Å². The average Bonchev–Trinajstić information content (AvgIpc) is 3.28. The number of aromatic nitrogens is 2. The van der Waals surface area contributed by atoms with Gasteiger partial charge in [-0.1, -0.05) is 31.8 Å². The molecule has 3 aromatic rings. The molecule has 2 heterocycles. The van der Waals surface area contributed by atoms with Crippen molar-refractivity contribution in [1.29, 1.82) is 0 Å². The second-order valence-corrected chi connectivity index (χ2v) is 17.3. The third kappa shape index (κ3) is 8.17. The standard InChI is InChI=1S/C30H39FN4O5Si/c1-20-33-26(18-35(20)19-39-13-14-41(2,3)4)22-7-10-27(24(16-22)30(32)38)40-28-11-12-34(17-25(28)31)29(37)15-21-5-8-23(36)9-6-21/h5-10,16,18,25,28,36H,11-15,17,19H2,1-4H3,(H2,32,38)/t25-,28+/m0/s1. The number of likely N-dealkylation sites (tertiary alicyclic amines) is 1. The first-order valence-corrected chi connectivity index (χ1v) is 17.5. The summed E-state index contributed by atoms with van der Waals surface area (Å²) in [6.07, 6.45) is -0.0128. The number of carbonyl (C=O) groups excluding carboxylic acids is 2. The SMILES string of the molecule is Cc1nc(-c2ccc(O[C@@H]3CCN(C(=O)Cc4ccc(O)cc4)C[C@@H]3F)c(C(N)=O)c2)cn1COCC[Si](C)(C)C. The summed E-state index contributed by atoms with van der Waals surface area (Å²) in [6, 6.07) is 12.4. The Morgan fingerprint density at radius 2 is 1.90 bits per heavy atom. The summed E-state index contributed by atoms with van der Waals surface area (Å²) in [6.45, 7) is 10.1. The van der Waals surface area contributed by atoms with Crippen LogP contribution in [0, 0.1) is 6.92 Å². The Morgan fingerprint density at radius 1 is 1.17 bits per heavy atom. The maximum Gasteiger partial charge on any atom is 0.252 e. The van der Waals surface area contributed by atoms with Crippen LogP contribution in [0.2, 0.25) is 25.7 Å². The predicted octanol–water partition coefficient (Wildman–Crippen LogP) is 4.54. The number of imidazole rings is 1. The van der Waals surface area contributed by atoms with E-state index in [4.69, 9.17) is 15.2 Å². The van der Waals surface area contributed by atoms with Gasteiger partial charge in [-0.05, 0) is 48.9 Å². The van der Waals surface area contributed by atoms with Crippen LogP contribution in [-0.2, 0) is 22.7 Å². The number of ether oxygens (including phenoxy) is 2. The summed E-state index contributed by atoms with van der Waals surface area (Å²) in [7, 11) is -1.18. The lowest BCUT2D eigenvalue weighted by molar-refractivity contribution is -0.134. The number of alkyl halides is 1. The number of rotatable bonds is 11. The zero-order valence-corrected chi connectivity index (χ0v) is 25.1. The van der Waals surface area contributed by atoms with E-state index in [1.165, 1.54) is 17.0 Å². The molecule has 9 nitrogen and oxygen atoms in total. The molecule has 11 heteroatoms. The van der Waals surface area contributed by atoms with Crippen molar-refractivity contribution in [2.45, 2.75) is 64.5 Å². The van der Waals surface area contributed by atoms with Gasteiger partial charge in [-0.15, -0.1) is 0 Å². The number of hydrogen-bond donors (Lipinski definition) is 2. The highest BCUT2D eigenvalue weighted by Gasteiger charge is 2.33. The fourth-order valence-corrected chi connectivity index (χ4v) is 5.37. The number of benzene rings is 2. The minimum Gasteiger partial charge on any atom is -0.508 e. The number of halogens is 1. The minimum atomic E-state index is -1.44. The van der Waals surface area contributed by atoms with Crippen molar-refractivity contribution in [3.63, 3.8) is 0 Å². The molecule has 0 saturated carbocycles. The summed E-state index contributed by atoms with van der Waals surface area (Å²) in [5.74, 6) is 0.207. The minimum absolute atomic E-state index is 0.109. The van der Waals surface area contributed by atoms with Crippen molar-refractivity contribution in [3.8, 4) is 22.8 Å². The molecule has 220 valence electrons. The van der Waals surface area contributed by atoms with Gasteiger partial charge in [-0.2, -0.15) is 0 Å². The van der Waals surface area contributed by atoms with E-state index in [0.29, 0.717) is 31.1 Å². The van der Waals surface area contributed by atoms with E-state index in [1.807, 2.05) is 17.7 Å². The van der Waals surface area contributed by atoms with Crippen molar-refractivity contribution in [1.82, 2.24) is 14.5 Å². The maximum atomic E-state index is 15.2. The van der Waals surface area contributed by atoms with Gasteiger partial charge < -0.3 is 29.8 Å². The van der Waals surface area contributed by atoms with Crippen LogP contribution >= 0.6 is 0 Å². The molecule has 41 heavy (non-hydrogen) atoms. The predicted molar refractivity (Wildman–Crippen MR) is 157 cm³/mol. The molecule has 0 bridgehead atoms. The molecule has 0 spiro atoms. The lowest BCUT2D eigenvalue weighted by atomic mass is 10.0. The van der Waals surface area contributed by atoms with Crippen LogP contribution in [0.5, 0.6) is 11.5 Å². The largest absolute Gasteiger partial charge is 0.508 e. The molecular formula is C30H39FN4O5Si. The highest BCUT2D eigenvalue weighted by atomic mass is 28.3. The van der Waals surface area contributed by atoms with E-state index in [9.17, 15) is 14.7 Å². The number of nitrogens with two attached hydrogens (primary N) is 1. The number of phenolic OH excluding ortho intramolecular Hbond substituents is 1. The fourth-order valence-electron chi connectivity index (χ4n) is 4.61. The van der Waals surface area contributed by atoms with Crippen molar-refractivity contribution >= 4 is 19.9 Å². The zero-order valence-electron chi connectivity index (χ0n) is 24.1. The first kappa shape index (κ1) is 30.3. The molecule has 1 aromatic heterocycles. The highest BCUT2D eigenvalue weighted by Crippen LogP contribution is 2.29. The number of aryl methyl sites for hydroxylation is 1. The molecule has 0 aliphatic carbocycles. The second-order valence-electron chi connectivity index (χ2n) is 11.7. The van der Waals surface area contributed by atoms with Crippen molar-refractivity contribution in [2.24, 2.45) is 5.73 Å². The van der Waals surface area contributed by atoms with Crippen LogP contribution in [0.15, 0.2) is 48.7 Å². The molecule has 2 amide bonds. The van der Waals surface area contributed by atoms with E-state index in [2.05, 4.69) is 24.6 Å². The Bertz CT molecular complexity index is 1370. The van der Waals surface area contributed by atoms with E-state index in [1.54, 1.807) is 30.3 Å². The quantitative estimate of drug-likeness (QED) is 0.253. The zero-order chi connectivity index (χ0) is 29.7. The number of piperidine rings is 1. The number of hydrogen-bond acceptors (Lipinski definition) is 6. The average molecular weight is 583 g/mol. The lowest BCUT2D eigenvalue weighted by Crippen LogP contribution is -2.49. The third-order valence-corrected chi connectivity index (χ3v) is 8.85. The van der Waals surface area contributed by atoms with Gasteiger partial charge in [0.05, 0.1) is 24.2 Å². The van der Waals surface area contributed by atoms with Gasteiger partial charge in [-0.25, -0.2) is 9.37 Å². The van der Waals surface area contributed by atoms with Gasteiger partial charge in [0.1, 0.15) is 30.2 Å². The first-order valence-electron chi connectivity index (χ1n) is 13.8. The van der Waals surface area contributed by atoms with Gasteiger partial charge in [0.2, 0.25) is 5.91 Å². The number of nitrogens with zero attached hydrogens (tertiary/aromatic N) is 3. The summed E-state index contributed by atoms with van der Waals surface area (Å²) in [4.78, 5) is 31.1. The maximum absolute atomic E-state index is 15.2. The normalized spacial score (nSPS) is 17.4. The summed E-state index contributed by atoms with van der Waals surface area (Å²) < 4.78 is 28.9. The summed E-state index contributed by atoms with van der Waals surface area (Å²) in [5, 5.41) is 9.42. The van der Waals surface area contributed by atoms with Gasteiger partial charge in [0.25, 0.3) is 5.91 Å². The molecule has 1 aliphatic heterocycles. The summed E-state index contributed by atoms with van der Waals surface area (Å²) >= 11 is 0. The van der Waals surface area contributed by atoms with E-state index < -0.39 is 26.3 Å². The number of carbonyl (C=O) groups is 2. The molecule has 1 saturated heterocycles. The number of aromatic hydroxyl groups is 1. The Balaban J connectivity index is 1.39. The van der Waals surface area contributed by atoms with Crippen LogP contribution in [0.3, 0.4) is 0 Å². The van der Waals surface area contributed by atoms with Gasteiger partial charge in [0, 0.05) is 39.4 Å². The van der Waals surface area contributed by atoms with Crippen molar-refractivity contribution < 1.29 is 28.6 Å². The van der Waals surface area contributed by atoms with Crippen molar-refractivity contribution in [2.75, 3.05) is 19.7 Å². The monoisotopic (exact) mass is 582 g/mol. The molecule has 1 fully saturated rings. The number of amides is 2. The Labute approximate surface area is 241 Å². The highest BCUT2D eigenvalue weighted by molar-refractivity contribution is 6.76. The molecule has 1 aliphatic rings. The lowest BCUT2D eigenvalue weighted by Gasteiger charge is -2.35. The van der Waals surface area contributed by atoms with Crippen LogP contribution in [-0.4, -0.2) is 71.4 Å².